The van der Waals surface area contributed by atoms with Gasteiger partial charge in [0.2, 0.25) is 0 Å². The molecule has 4 heteroatoms. The van der Waals surface area contributed by atoms with E-state index in [2.05, 4.69) is 38.7 Å². The lowest BCUT2D eigenvalue weighted by molar-refractivity contribution is 0.223. The van der Waals surface area contributed by atoms with Gasteiger partial charge in [0.25, 0.3) is 0 Å². The first kappa shape index (κ1) is 15.3. The third-order valence-corrected chi connectivity index (χ3v) is 4.90. The second-order valence-corrected chi connectivity index (χ2v) is 6.57. The van der Waals surface area contributed by atoms with Crippen molar-refractivity contribution in [3.8, 4) is 11.4 Å². The molecule has 0 N–H and O–H groups in total. The minimum absolute atomic E-state index is 1.01. The smallest absolute Gasteiger partial charge is 0.141 e. The molecular formula is C20H24N4. The van der Waals surface area contributed by atoms with Crippen molar-refractivity contribution in [3.05, 3.63) is 48.8 Å². The Morgan fingerprint density at radius 3 is 2.50 bits per heavy atom. The van der Waals surface area contributed by atoms with Crippen LogP contribution in [0.15, 0.2) is 48.8 Å². The number of imidazole rings is 1. The van der Waals surface area contributed by atoms with E-state index in [9.17, 15) is 0 Å². The Kier molecular flexibility index (Phi) is 4.56. The number of piperidine rings is 1. The van der Waals surface area contributed by atoms with Crippen LogP contribution in [0.25, 0.3) is 22.4 Å². The molecule has 0 bridgehead atoms. The highest BCUT2D eigenvalue weighted by atomic mass is 15.1. The molecule has 1 saturated heterocycles. The predicted molar refractivity (Wildman–Crippen MR) is 97.9 cm³/mol. The standard InChI is InChI=1S/C20H24N4/c1-4-13-23(14-5-1)15-6-16-24-19-8-3-2-7-18(19)22-20(24)17-9-11-21-12-10-17/h2-3,7-12H,1,4-6,13-16H2. The molecule has 3 aromatic rings. The highest BCUT2D eigenvalue weighted by Gasteiger charge is 2.13. The topological polar surface area (TPSA) is 34.0 Å². The van der Waals surface area contributed by atoms with E-state index in [0.29, 0.717) is 0 Å². The fourth-order valence-electron chi connectivity index (χ4n) is 3.66. The number of likely N-dealkylation sites (tertiary alicyclic amines) is 1. The van der Waals surface area contributed by atoms with Crippen LogP contribution in [0.1, 0.15) is 25.7 Å². The summed E-state index contributed by atoms with van der Waals surface area (Å²) in [6.07, 6.45) is 8.96. The summed E-state index contributed by atoms with van der Waals surface area (Å²) in [5, 5.41) is 0. The van der Waals surface area contributed by atoms with Gasteiger partial charge in [-0.1, -0.05) is 18.6 Å². The average Bonchev–Trinajstić information content (AvgIpc) is 3.02. The van der Waals surface area contributed by atoms with Gasteiger partial charge in [0, 0.05) is 24.5 Å². The number of hydrogen-bond donors (Lipinski definition) is 0. The number of aromatic nitrogens is 3. The summed E-state index contributed by atoms with van der Waals surface area (Å²) in [6, 6.07) is 12.5. The summed E-state index contributed by atoms with van der Waals surface area (Å²) in [4.78, 5) is 11.6. The van der Waals surface area contributed by atoms with Crippen LogP contribution in [0.2, 0.25) is 0 Å². The van der Waals surface area contributed by atoms with Crippen LogP contribution in [0.5, 0.6) is 0 Å². The van der Waals surface area contributed by atoms with E-state index in [4.69, 9.17) is 4.98 Å². The van der Waals surface area contributed by atoms with Crippen LogP contribution in [0.4, 0.5) is 0 Å². The van der Waals surface area contributed by atoms with Crippen molar-refractivity contribution in [2.45, 2.75) is 32.2 Å². The first-order valence-electron chi connectivity index (χ1n) is 9.00. The summed E-state index contributed by atoms with van der Waals surface area (Å²) in [7, 11) is 0. The van der Waals surface area contributed by atoms with Crippen LogP contribution < -0.4 is 0 Å². The van der Waals surface area contributed by atoms with Crippen LogP contribution in [-0.2, 0) is 6.54 Å². The molecule has 0 spiro atoms. The van der Waals surface area contributed by atoms with Crippen molar-refractivity contribution in [3.63, 3.8) is 0 Å². The minimum atomic E-state index is 1.01. The molecule has 1 fully saturated rings. The van der Waals surface area contributed by atoms with Crippen molar-refractivity contribution in [1.82, 2.24) is 19.4 Å². The molecule has 124 valence electrons. The van der Waals surface area contributed by atoms with Gasteiger partial charge in [-0.25, -0.2) is 4.98 Å². The highest BCUT2D eigenvalue weighted by molar-refractivity contribution is 5.80. The van der Waals surface area contributed by atoms with Gasteiger partial charge in [0.15, 0.2) is 0 Å². The number of rotatable bonds is 5. The maximum absolute atomic E-state index is 4.87. The van der Waals surface area contributed by atoms with E-state index in [1.807, 2.05) is 24.5 Å². The van der Waals surface area contributed by atoms with Crippen LogP contribution >= 0.6 is 0 Å². The number of benzene rings is 1. The Bertz CT molecular complexity index is 788. The van der Waals surface area contributed by atoms with Crippen molar-refractivity contribution >= 4 is 11.0 Å². The molecular weight excluding hydrogens is 296 g/mol. The molecule has 4 nitrogen and oxygen atoms in total. The van der Waals surface area contributed by atoms with E-state index < -0.39 is 0 Å². The number of para-hydroxylation sites is 2. The molecule has 0 atom stereocenters. The van der Waals surface area contributed by atoms with E-state index in [0.717, 1.165) is 23.4 Å². The molecule has 0 amide bonds. The molecule has 24 heavy (non-hydrogen) atoms. The largest absolute Gasteiger partial charge is 0.324 e. The van der Waals surface area contributed by atoms with Gasteiger partial charge in [0.1, 0.15) is 5.82 Å². The van der Waals surface area contributed by atoms with Crippen molar-refractivity contribution in [2.24, 2.45) is 0 Å². The van der Waals surface area contributed by atoms with E-state index >= 15 is 0 Å². The Morgan fingerprint density at radius 1 is 0.875 bits per heavy atom. The van der Waals surface area contributed by atoms with E-state index in [-0.39, 0.29) is 0 Å². The van der Waals surface area contributed by atoms with E-state index in [1.165, 1.54) is 50.8 Å². The Labute approximate surface area is 143 Å². The third-order valence-electron chi connectivity index (χ3n) is 4.90. The summed E-state index contributed by atoms with van der Waals surface area (Å²) in [6.45, 7) is 4.72. The summed E-state index contributed by atoms with van der Waals surface area (Å²) in [5.41, 5.74) is 3.43. The van der Waals surface area contributed by atoms with Gasteiger partial charge >= 0.3 is 0 Å². The zero-order valence-corrected chi connectivity index (χ0v) is 14.1. The summed E-state index contributed by atoms with van der Waals surface area (Å²) in [5.74, 6) is 1.05. The van der Waals surface area contributed by atoms with Crippen molar-refractivity contribution < 1.29 is 0 Å². The van der Waals surface area contributed by atoms with Crippen molar-refractivity contribution in [1.29, 1.82) is 0 Å². The zero-order chi connectivity index (χ0) is 16.2. The zero-order valence-electron chi connectivity index (χ0n) is 14.1. The summed E-state index contributed by atoms with van der Waals surface area (Å²) >= 11 is 0. The molecule has 0 aliphatic carbocycles. The SMILES string of the molecule is c1ccc2c(c1)nc(-c1ccncc1)n2CCCN1CCCCC1. The maximum Gasteiger partial charge on any atom is 0.141 e. The van der Waals surface area contributed by atoms with Gasteiger partial charge < -0.3 is 9.47 Å². The lowest BCUT2D eigenvalue weighted by Gasteiger charge is -2.26. The van der Waals surface area contributed by atoms with Gasteiger partial charge in [-0.3, -0.25) is 4.98 Å². The number of pyridine rings is 1. The predicted octanol–water partition coefficient (Wildman–Crippen LogP) is 3.97. The lowest BCUT2D eigenvalue weighted by atomic mass is 10.1. The molecule has 1 aromatic carbocycles. The van der Waals surface area contributed by atoms with Crippen LogP contribution in [0.3, 0.4) is 0 Å². The lowest BCUT2D eigenvalue weighted by Crippen LogP contribution is -2.31. The van der Waals surface area contributed by atoms with Gasteiger partial charge in [0.05, 0.1) is 11.0 Å². The van der Waals surface area contributed by atoms with Crippen LogP contribution in [0, 0.1) is 0 Å². The monoisotopic (exact) mass is 320 g/mol. The first-order valence-corrected chi connectivity index (χ1v) is 9.00. The van der Waals surface area contributed by atoms with Crippen LogP contribution in [-0.4, -0.2) is 39.1 Å². The molecule has 1 aliphatic heterocycles. The quantitative estimate of drug-likeness (QED) is 0.713. The number of aryl methyl sites for hydroxylation is 1. The van der Waals surface area contributed by atoms with Gasteiger partial charge in [-0.05, 0) is 63.2 Å². The fourth-order valence-corrected chi connectivity index (χ4v) is 3.66. The Hall–Kier alpha value is -2.20. The molecule has 4 rings (SSSR count). The molecule has 3 heterocycles. The minimum Gasteiger partial charge on any atom is -0.324 e. The van der Waals surface area contributed by atoms with E-state index in [1.54, 1.807) is 0 Å². The molecule has 0 radical (unpaired) electrons. The summed E-state index contributed by atoms with van der Waals surface area (Å²) < 4.78 is 2.37. The van der Waals surface area contributed by atoms with Gasteiger partial charge in [-0.15, -0.1) is 0 Å². The first-order chi connectivity index (χ1) is 11.9. The van der Waals surface area contributed by atoms with Crippen molar-refractivity contribution in [2.75, 3.05) is 19.6 Å². The van der Waals surface area contributed by atoms with Gasteiger partial charge in [-0.2, -0.15) is 0 Å². The molecule has 0 unspecified atom stereocenters. The number of hydrogen-bond acceptors (Lipinski definition) is 3. The maximum atomic E-state index is 4.87. The molecule has 2 aromatic heterocycles. The third kappa shape index (κ3) is 3.20. The highest BCUT2D eigenvalue weighted by Crippen LogP contribution is 2.24. The molecule has 0 saturated carbocycles. The fraction of sp³-hybridized carbons (Fsp3) is 0.400. The Balaban J connectivity index is 1.58. The average molecular weight is 320 g/mol. The Morgan fingerprint density at radius 2 is 1.67 bits per heavy atom. The number of nitrogens with zero attached hydrogens (tertiary/aromatic N) is 4. The second kappa shape index (κ2) is 7.14. The molecule has 1 aliphatic rings. The second-order valence-electron chi connectivity index (χ2n) is 6.57. The number of fused-ring (bicyclic) bond motifs is 1. The normalized spacial score (nSPS) is 15.8.